The summed E-state index contributed by atoms with van der Waals surface area (Å²) in [5.41, 5.74) is -0.153. The molecular weight excluding hydrogens is 358 g/mol. The molecule has 1 amide bonds. The van der Waals surface area contributed by atoms with E-state index >= 15 is 0 Å². The van der Waals surface area contributed by atoms with Crippen LogP contribution in [0.5, 0.6) is 0 Å². The van der Waals surface area contributed by atoms with E-state index in [0.29, 0.717) is 11.0 Å². The Labute approximate surface area is 152 Å². The van der Waals surface area contributed by atoms with Gasteiger partial charge in [0.05, 0.1) is 6.33 Å². The largest absolute Gasteiger partial charge is 0.334 e. The normalized spacial score (nSPS) is 10.8. The van der Waals surface area contributed by atoms with Crippen molar-refractivity contribution < 1.29 is 9.32 Å². The van der Waals surface area contributed by atoms with Gasteiger partial charge >= 0.3 is 0 Å². The van der Waals surface area contributed by atoms with Gasteiger partial charge in [0, 0.05) is 25.6 Å². The zero-order valence-electron chi connectivity index (χ0n) is 14.3. The monoisotopic (exact) mass is 375 g/mol. The summed E-state index contributed by atoms with van der Waals surface area (Å²) in [7, 11) is 0. The third-order valence-electron chi connectivity index (χ3n) is 3.42. The molecule has 136 valence electrons. The lowest BCUT2D eigenvalue weighted by Crippen LogP contribution is -2.24. The molecule has 0 saturated carbocycles. The minimum Gasteiger partial charge on any atom is -0.334 e. The molecule has 3 rings (SSSR count). The molecule has 0 atom stereocenters. The number of hydrogen-bond donors (Lipinski definition) is 1. The lowest BCUT2D eigenvalue weighted by molar-refractivity contribution is -0.116. The van der Waals surface area contributed by atoms with Gasteiger partial charge in [-0.1, -0.05) is 23.4 Å². The van der Waals surface area contributed by atoms with Crippen molar-refractivity contribution in [3.05, 3.63) is 33.7 Å². The number of rotatable bonds is 7. The minimum atomic E-state index is -0.349. The molecule has 11 heteroatoms. The molecule has 0 radical (unpaired) electrons. The maximum Gasteiger partial charge on any atom is 0.266 e. The van der Waals surface area contributed by atoms with Gasteiger partial charge in [-0.05, 0) is 13.3 Å². The average molecular weight is 375 g/mol. The number of amides is 1. The molecule has 0 aromatic carbocycles. The number of hydrogen-bond acceptors (Lipinski definition) is 9. The Morgan fingerprint density at radius 1 is 1.38 bits per heavy atom. The molecule has 1 N–H and O–H groups in total. The van der Waals surface area contributed by atoms with Crippen LogP contribution in [0.1, 0.15) is 30.6 Å². The van der Waals surface area contributed by atoms with Gasteiger partial charge in [-0.15, -0.1) is 10.2 Å². The highest BCUT2D eigenvalue weighted by molar-refractivity contribution is 7.15. The summed E-state index contributed by atoms with van der Waals surface area (Å²) in [4.78, 5) is 32.6. The molecule has 0 spiro atoms. The van der Waals surface area contributed by atoms with Crippen LogP contribution in [-0.4, -0.2) is 35.8 Å². The number of nitrogens with one attached hydrogen (secondary N) is 1. The molecule has 0 unspecified atom stereocenters. The van der Waals surface area contributed by atoms with Gasteiger partial charge in [-0.25, -0.2) is 4.98 Å². The second-order valence-electron chi connectivity index (χ2n) is 5.50. The number of nitrogens with zero attached hydrogens (tertiary/aromatic N) is 6. The van der Waals surface area contributed by atoms with Crippen molar-refractivity contribution in [2.24, 2.45) is 0 Å². The topological polar surface area (TPSA) is 129 Å². The first-order valence-electron chi connectivity index (χ1n) is 8.04. The van der Waals surface area contributed by atoms with Crippen LogP contribution in [0, 0.1) is 6.92 Å². The van der Waals surface area contributed by atoms with Crippen LogP contribution in [0.25, 0.3) is 11.5 Å². The minimum absolute atomic E-state index is 0.0938. The molecule has 10 nitrogen and oxygen atoms in total. The van der Waals surface area contributed by atoms with Crippen LogP contribution >= 0.6 is 11.3 Å². The first-order chi connectivity index (χ1) is 12.6. The van der Waals surface area contributed by atoms with Crippen LogP contribution < -0.4 is 10.9 Å². The van der Waals surface area contributed by atoms with Crippen molar-refractivity contribution >= 4 is 22.4 Å². The Bertz CT molecular complexity index is 962. The summed E-state index contributed by atoms with van der Waals surface area (Å²) in [6, 6.07) is 0. The van der Waals surface area contributed by atoms with E-state index in [2.05, 4.69) is 37.6 Å². The number of aryl methyl sites for hydroxylation is 3. The SMILES string of the molecule is CCCc1nnc(NC(=O)CCn2cncc(-c3nc(C)no3)c2=O)s1. The molecule has 3 aromatic heterocycles. The number of aromatic nitrogens is 6. The van der Waals surface area contributed by atoms with E-state index in [-0.39, 0.29) is 35.9 Å². The summed E-state index contributed by atoms with van der Waals surface area (Å²) in [5.74, 6) is 0.278. The van der Waals surface area contributed by atoms with Gasteiger partial charge in [0.1, 0.15) is 10.6 Å². The van der Waals surface area contributed by atoms with E-state index in [9.17, 15) is 9.59 Å². The highest BCUT2D eigenvalue weighted by Gasteiger charge is 2.14. The second-order valence-corrected chi connectivity index (χ2v) is 6.56. The molecule has 3 heterocycles. The van der Waals surface area contributed by atoms with E-state index in [1.165, 1.54) is 28.4 Å². The smallest absolute Gasteiger partial charge is 0.266 e. The molecule has 0 aliphatic carbocycles. The highest BCUT2D eigenvalue weighted by atomic mass is 32.1. The molecule has 0 aliphatic rings. The summed E-state index contributed by atoms with van der Waals surface area (Å²) in [5, 5.41) is 15.6. The Morgan fingerprint density at radius 2 is 2.23 bits per heavy atom. The Hall–Kier alpha value is -2.95. The van der Waals surface area contributed by atoms with Gasteiger partial charge in [-0.2, -0.15) is 4.98 Å². The third-order valence-corrected chi connectivity index (χ3v) is 4.31. The van der Waals surface area contributed by atoms with Crippen molar-refractivity contribution in [1.29, 1.82) is 0 Å². The van der Waals surface area contributed by atoms with Crippen LogP contribution in [-0.2, 0) is 17.8 Å². The standard InChI is InChI=1S/C15H17N7O3S/c1-3-4-12-19-20-15(26-12)18-11(23)5-6-22-8-16-7-10(14(22)24)13-17-9(2)21-25-13/h7-8H,3-6H2,1-2H3,(H,18,20,23). The summed E-state index contributed by atoms with van der Waals surface area (Å²) in [6.45, 7) is 3.88. The molecule has 0 fully saturated rings. The predicted molar refractivity (Wildman–Crippen MR) is 93.7 cm³/mol. The fourth-order valence-electron chi connectivity index (χ4n) is 2.19. The molecule has 0 bridgehead atoms. The average Bonchev–Trinajstić information content (AvgIpc) is 3.23. The van der Waals surface area contributed by atoms with Crippen molar-refractivity contribution in [1.82, 2.24) is 29.9 Å². The van der Waals surface area contributed by atoms with E-state index < -0.39 is 0 Å². The zero-order chi connectivity index (χ0) is 18.5. The van der Waals surface area contributed by atoms with Gasteiger partial charge in [0.2, 0.25) is 11.0 Å². The van der Waals surface area contributed by atoms with Crippen molar-refractivity contribution in [2.45, 2.75) is 39.7 Å². The Kier molecular flexibility index (Phi) is 5.46. The summed E-state index contributed by atoms with van der Waals surface area (Å²) in [6.07, 6.45) is 4.62. The molecule has 0 saturated heterocycles. The first-order valence-corrected chi connectivity index (χ1v) is 8.86. The highest BCUT2D eigenvalue weighted by Crippen LogP contribution is 2.16. The summed E-state index contributed by atoms with van der Waals surface area (Å²) >= 11 is 1.35. The van der Waals surface area contributed by atoms with Gasteiger partial charge in [0.15, 0.2) is 5.82 Å². The number of carbonyl (C=O) groups is 1. The fraction of sp³-hybridized carbons (Fsp3) is 0.400. The molecular formula is C15H17N7O3S. The maximum atomic E-state index is 12.5. The summed E-state index contributed by atoms with van der Waals surface area (Å²) < 4.78 is 6.34. The van der Waals surface area contributed by atoms with Crippen molar-refractivity contribution in [3.8, 4) is 11.5 Å². The Morgan fingerprint density at radius 3 is 2.96 bits per heavy atom. The van der Waals surface area contributed by atoms with E-state index in [0.717, 1.165) is 17.8 Å². The molecule has 3 aromatic rings. The van der Waals surface area contributed by atoms with E-state index in [4.69, 9.17) is 4.52 Å². The molecule has 0 aliphatic heterocycles. The number of anilines is 1. The van der Waals surface area contributed by atoms with Gasteiger partial charge < -0.3 is 9.84 Å². The first kappa shape index (κ1) is 17.9. The van der Waals surface area contributed by atoms with Gasteiger partial charge in [-0.3, -0.25) is 14.2 Å². The zero-order valence-corrected chi connectivity index (χ0v) is 15.1. The lowest BCUT2D eigenvalue weighted by Gasteiger charge is -2.05. The quantitative estimate of drug-likeness (QED) is 0.657. The van der Waals surface area contributed by atoms with Crippen LogP contribution in [0.2, 0.25) is 0 Å². The van der Waals surface area contributed by atoms with Gasteiger partial charge in [0.25, 0.3) is 11.4 Å². The Balaban J connectivity index is 1.64. The van der Waals surface area contributed by atoms with Crippen molar-refractivity contribution in [2.75, 3.05) is 5.32 Å². The second kappa shape index (κ2) is 7.95. The molecule has 26 heavy (non-hydrogen) atoms. The van der Waals surface area contributed by atoms with Crippen LogP contribution in [0.15, 0.2) is 21.8 Å². The van der Waals surface area contributed by atoms with Crippen molar-refractivity contribution in [3.63, 3.8) is 0 Å². The van der Waals surface area contributed by atoms with E-state index in [1.807, 2.05) is 0 Å². The van der Waals surface area contributed by atoms with Crippen LogP contribution in [0.4, 0.5) is 5.13 Å². The van der Waals surface area contributed by atoms with Crippen LogP contribution in [0.3, 0.4) is 0 Å². The fourth-order valence-corrected chi connectivity index (χ4v) is 3.04. The lowest BCUT2D eigenvalue weighted by atomic mass is 10.3. The number of carbonyl (C=O) groups excluding carboxylic acids is 1. The maximum absolute atomic E-state index is 12.5. The predicted octanol–water partition coefficient (Wildman–Crippen LogP) is 1.43. The van der Waals surface area contributed by atoms with E-state index in [1.54, 1.807) is 6.92 Å². The third kappa shape index (κ3) is 4.17.